The second-order valence-corrected chi connectivity index (χ2v) is 4.35. The molecule has 4 heteroatoms. The van der Waals surface area contributed by atoms with Gasteiger partial charge < -0.3 is 14.0 Å². The van der Waals surface area contributed by atoms with E-state index in [1.54, 1.807) is 0 Å². The smallest absolute Gasteiger partial charge is 0.217 e. The highest BCUT2D eigenvalue weighted by Crippen LogP contribution is 2.24. The van der Waals surface area contributed by atoms with E-state index < -0.39 is 0 Å². The molecule has 2 rings (SSSR count). The van der Waals surface area contributed by atoms with E-state index in [1.807, 2.05) is 32.0 Å². The molecule has 0 N–H and O–H groups in total. The SMILES string of the molecule is CCCn1c(C(OCC)OCC)nc2ccccc21. The van der Waals surface area contributed by atoms with Gasteiger partial charge in [-0.1, -0.05) is 19.1 Å². The molecule has 19 heavy (non-hydrogen) atoms. The molecule has 104 valence electrons. The van der Waals surface area contributed by atoms with Crippen molar-refractivity contribution in [3.63, 3.8) is 0 Å². The fraction of sp³-hybridized carbons (Fsp3) is 0.533. The normalized spacial score (nSPS) is 11.6. The number of rotatable bonds is 7. The van der Waals surface area contributed by atoms with Crippen molar-refractivity contribution in [3.8, 4) is 0 Å². The highest BCUT2D eigenvalue weighted by atomic mass is 16.7. The minimum absolute atomic E-state index is 0.381. The van der Waals surface area contributed by atoms with Gasteiger partial charge in [-0.05, 0) is 32.4 Å². The van der Waals surface area contributed by atoms with Crippen LogP contribution in [0.4, 0.5) is 0 Å². The standard InChI is InChI=1S/C15H22N2O2/c1-4-11-17-13-10-8-7-9-12(13)16-14(17)15(18-5-2)19-6-3/h7-10,15H,4-6,11H2,1-3H3. The minimum Gasteiger partial charge on any atom is -0.346 e. The summed E-state index contributed by atoms with van der Waals surface area (Å²) in [5, 5.41) is 0. The lowest BCUT2D eigenvalue weighted by atomic mass is 10.3. The first-order valence-corrected chi connectivity index (χ1v) is 7.00. The van der Waals surface area contributed by atoms with Gasteiger partial charge in [-0.3, -0.25) is 0 Å². The molecular weight excluding hydrogens is 240 g/mol. The fourth-order valence-corrected chi connectivity index (χ4v) is 2.23. The molecule has 4 nitrogen and oxygen atoms in total. The van der Waals surface area contributed by atoms with Crippen molar-refractivity contribution in [1.82, 2.24) is 9.55 Å². The van der Waals surface area contributed by atoms with Crippen molar-refractivity contribution in [2.24, 2.45) is 0 Å². The Morgan fingerprint density at radius 2 is 1.79 bits per heavy atom. The van der Waals surface area contributed by atoms with Crippen molar-refractivity contribution in [2.75, 3.05) is 13.2 Å². The molecule has 0 atom stereocenters. The zero-order valence-electron chi connectivity index (χ0n) is 11.9. The molecule has 0 bridgehead atoms. The van der Waals surface area contributed by atoms with Crippen LogP contribution in [-0.4, -0.2) is 22.8 Å². The van der Waals surface area contributed by atoms with E-state index in [4.69, 9.17) is 9.47 Å². The van der Waals surface area contributed by atoms with Gasteiger partial charge in [0.2, 0.25) is 6.29 Å². The number of fused-ring (bicyclic) bond motifs is 1. The van der Waals surface area contributed by atoms with Gasteiger partial charge in [0.1, 0.15) is 0 Å². The monoisotopic (exact) mass is 262 g/mol. The Hall–Kier alpha value is -1.39. The molecule has 0 aliphatic heterocycles. The van der Waals surface area contributed by atoms with E-state index in [9.17, 15) is 0 Å². The van der Waals surface area contributed by atoms with E-state index in [1.165, 1.54) is 0 Å². The quantitative estimate of drug-likeness (QED) is 0.716. The molecule has 0 amide bonds. The van der Waals surface area contributed by atoms with Crippen LogP contribution in [0.5, 0.6) is 0 Å². The third kappa shape index (κ3) is 2.96. The van der Waals surface area contributed by atoms with Crippen molar-refractivity contribution in [1.29, 1.82) is 0 Å². The summed E-state index contributed by atoms with van der Waals surface area (Å²) >= 11 is 0. The zero-order chi connectivity index (χ0) is 13.7. The first-order valence-electron chi connectivity index (χ1n) is 7.00. The van der Waals surface area contributed by atoms with Gasteiger partial charge in [0, 0.05) is 19.8 Å². The lowest BCUT2D eigenvalue weighted by molar-refractivity contribution is -0.146. The molecule has 0 saturated carbocycles. The molecule has 0 radical (unpaired) electrons. The molecule has 0 spiro atoms. The fourth-order valence-electron chi connectivity index (χ4n) is 2.23. The summed E-state index contributed by atoms with van der Waals surface area (Å²) in [4.78, 5) is 4.68. The van der Waals surface area contributed by atoms with Crippen molar-refractivity contribution in [2.45, 2.75) is 40.0 Å². The largest absolute Gasteiger partial charge is 0.346 e. The van der Waals surface area contributed by atoms with E-state index >= 15 is 0 Å². The number of hydrogen-bond acceptors (Lipinski definition) is 3. The lowest BCUT2D eigenvalue weighted by Crippen LogP contribution is -2.15. The molecule has 0 saturated heterocycles. The highest BCUT2D eigenvalue weighted by Gasteiger charge is 2.20. The summed E-state index contributed by atoms with van der Waals surface area (Å²) in [6.45, 7) is 8.25. The van der Waals surface area contributed by atoms with Crippen LogP contribution in [-0.2, 0) is 16.0 Å². The van der Waals surface area contributed by atoms with Gasteiger partial charge in [-0.25, -0.2) is 4.98 Å². The van der Waals surface area contributed by atoms with E-state index in [2.05, 4.69) is 22.5 Å². The minimum atomic E-state index is -0.381. The molecule has 0 unspecified atom stereocenters. The van der Waals surface area contributed by atoms with Crippen LogP contribution in [0.25, 0.3) is 11.0 Å². The second-order valence-electron chi connectivity index (χ2n) is 4.35. The van der Waals surface area contributed by atoms with Crippen LogP contribution < -0.4 is 0 Å². The first-order chi connectivity index (χ1) is 9.31. The average Bonchev–Trinajstić information content (AvgIpc) is 2.78. The van der Waals surface area contributed by atoms with Crippen LogP contribution in [0.3, 0.4) is 0 Å². The Balaban J connectivity index is 2.46. The van der Waals surface area contributed by atoms with Crippen LogP contribution in [0, 0.1) is 0 Å². The summed E-state index contributed by atoms with van der Waals surface area (Å²) in [6, 6.07) is 8.17. The number of para-hydroxylation sites is 2. The molecule has 1 aromatic carbocycles. The Bertz CT molecular complexity index is 516. The molecule has 0 aliphatic rings. The van der Waals surface area contributed by atoms with Gasteiger partial charge >= 0.3 is 0 Å². The van der Waals surface area contributed by atoms with Crippen LogP contribution in [0.2, 0.25) is 0 Å². The van der Waals surface area contributed by atoms with Gasteiger partial charge in [0.05, 0.1) is 11.0 Å². The van der Waals surface area contributed by atoms with Crippen molar-refractivity contribution >= 4 is 11.0 Å². The maximum atomic E-state index is 5.68. The summed E-state index contributed by atoms with van der Waals surface area (Å²) in [5.74, 6) is 0.867. The number of aryl methyl sites for hydroxylation is 1. The van der Waals surface area contributed by atoms with Gasteiger partial charge in [-0.2, -0.15) is 0 Å². The maximum Gasteiger partial charge on any atom is 0.217 e. The highest BCUT2D eigenvalue weighted by molar-refractivity contribution is 5.75. The third-order valence-corrected chi connectivity index (χ3v) is 2.98. The van der Waals surface area contributed by atoms with Gasteiger partial charge in [-0.15, -0.1) is 0 Å². The van der Waals surface area contributed by atoms with Crippen molar-refractivity contribution in [3.05, 3.63) is 30.1 Å². The van der Waals surface area contributed by atoms with Gasteiger partial charge in [0.15, 0.2) is 5.82 Å². The van der Waals surface area contributed by atoms with E-state index in [0.29, 0.717) is 13.2 Å². The Labute approximate surface area is 114 Å². The van der Waals surface area contributed by atoms with Gasteiger partial charge in [0.25, 0.3) is 0 Å². The summed E-state index contributed by atoms with van der Waals surface area (Å²) < 4.78 is 13.6. The second kappa shape index (κ2) is 6.68. The number of imidazole rings is 1. The average molecular weight is 262 g/mol. The number of benzene rings is 1. The zero-order valence-corrected chi connectivity index (χ0v) is 11.9. The molecule has 0 aliphatic carbocycles. The molecular formula is C15H22N2O2. The van der Waals surface area contributed by atoms with Crippen LogP contribution in [0.15, 0.2) is 24.3 Å². The Morgan fingerprint density at radius 3 is 2.42 bits per heavy atom. The molecule has 1 aromatic heterocycles. The van der Waals surface area contributed by atoms with Crippen molar-refractivity contribution < 1.29 is 9.47 Å². The summed E-state index contributed by atoms with van der Waals surface area (Å²) in [6.07, 6.45) is 0.673. The number of ether oxygens (including phenoxy) is 2. The van der Waals surface area contributed by atoms with E-state index in [-0.39, 0.29) is 6.29 Å². The van der Waals surface area contributed by atoms with Crippen LogP contribution in [0.1, 0.15) is 39.3 Å². The topological polar surface area (TPSA) is 36.3 Å². The predicted molar refractivity (Wildman–Crippen MR) is 76.0 cm³/mol. The third-order valence-electron chi connectivity index (χ3n) is 2.98. The Kier molecular flexibility index (Phi) is 4.93. The maximum absolute atomic E-state index is 5.68. The predicted octanol–water partition coefficient (Wildman–Crippen LogP) is 3.52. The number of hydrogen-bond donors (Lipinski definition) is 0. The van der Waals surface area contributed by atoms with E-state index in [0.717, 1.165) is 29.8 Å². The lowest BCUT2D eigenvalue weighted by Gasteiger charge is -2.18. The first kappa shape index (κ1) is 14.0. The molecule has 0 fully saturated rings. The number of nitrogens with zero attached hydrogens (tertiary/aromatic N) is 2. The molecule has 1 heterocycles. The molecule has 2 aromatic rings. The number of aromatic nitrogens is 2. The summed E-state index contributed by atoms with van der Waals surface area (Å²) in [7, 11) is 0. The van der Waals surface area contributed by atoms with Crippen LogP contribution >= 0.6 is 0 Å². The summed E-state index contributed by atoms with van der Waals surface area (Å²) in [5.41, 5.74) is 2.14. The Morgan fingerprint density at radius 1 is 1.11 bits per heavy atom.